The standard InChI is InChI=1S/C15H20Cl2IN3O3S/c1-2-25(22,23)21-6-5-19-10-3-4-20-15(7-10)24-14-9-12(17)11(16)8-13(14)18/h2,8-10,15,19-21H,1,3-7H2. The second kappa shape index (κ2) is 9.72. The molecular formula is C15H20Cl2IN3O3S. The van der Waals surface area contributed by atoms with E-state index in [1.807, 2.05) is 0 Å². The van der Waals surface area contributed by atoms with Gasteiger partial charge in [0.1, 0.15) is 5.75 Å². The molecule has 1 fully saturated rings. The molecule has 0 radical (unpaired) electrons. The fourth-order valence-electron chi connectivity index (χ4n) is 2.43. The van der Waals surface area contributed by atoms with Crippen LogP contribution in [-0.2, 0) is 10.0 Å². The third-order valence-electron chi connectivity index (χ3n) is 3.69. The zero-order valence-electron chi connectivity index (χ0n) is 13.4. The summed E-state index contributed by atoms with van der Waals surface area (Å²) in [5.41, 5.74) is 0. The van der Waals surface area contributed by atoms with Crippen molar-refractivity contribution < 1.29 is 13.2 Å². The first-order valence-electron chi connectivity index (χ1n) is 7.71. The van der Waals surface area contributed by atoms with Gasteiger partial charge in [-0.25, -0.2) is 13.1 Å². The molecular weight excluding hydrogens is 500 g/mol. The maximum Gasteiger partial charge on any atom is 0.233 e. The molecule has 6 nitrogen and oxygen atoms in total. The Balaban J connectivity index is 1.83. The number of ether oxygens (including phenoxy) is 1. The van der Waals surface area contributed by atoms with E-state index in [0.717, 1.165) is 28.4 Å². The molecule has 1 aromatic rings. The summed E-state index contributed by atoms with van der Waals surface area (Å²) < 4.78 is 31.9. The summed E-state index contributed by atoms with van der Waals surface area (Å²) >= 11 is 14.2. The number of benzene rings is 1. The number of halogens is 3. The van der Waals surface area contributed by atoms with Gasteiger partial charge in [-0.3, -0.25) is 5.32 Å². The Kier molecular flexibility index (Phi) is 8.25. The van der Waals surface area contributed by atoms with Crippen molar-refractivity contribution in [1.82, 2.24) is 15.4 Å². The van der Waals surface area contributed by atoms with E-state index >= 15 is 0 Å². The molecule has 140 valence electrons. The molecule has 1 aromatic carbocycles. The number of hydrogen-bond acceptors (Lipinski definition) is 5. The van der Waals surface area contributed by atoms with E-state index in [0.29, 0.717) is 28.9 Å². The Hall–Kier alpha value is -0.100. The van der Waals surface area contributed by atoms with Crippen LogP contribution in [0.5, 0.6) is 5.75 Å². The number of piperidine rings is 1. The van der Waals surface area contributed by atoms with Crippen LogP contribution in [0, 0.1) is 3.57 Å². The van der Waals surface area contributed by atoms with Crippen molar-refractivity contribution >= 4 is 55.8 Å². The molecule has 0 amide bonds. The number of sulfonamides is 1. The predicted octanol–water partition coefficient (Wildman–Crippen LogP) is 2.71. The molecule has 2 unspecified atom stereocenters. The van der Waals surface area contributed by atoms with Crippen LogP contribution in [0.3, 0.4) is 0 Å². The van der Waals surface area contributed by atoms with Gasteiger partial charge >= 0.3 is 0 Å². The largest absolute Gasteiger partial charge is 0.474 e. The van der Waals surface area contributed by atoms with E-state index < -0.39 is 10.0 Å². The molecule has 0 bridgehead atoms. The molecule has 10 heteroatoms. The zero-order chi connectivity index (χ0) is 18.4. The van der Waals surface area contributed by atoms with E-state index in [4.69, 9.17) is 27.9 Å². The van der Waals surface area contributed by atoms with Crippen molar-refractivity contribution in [3.05, 3.63) is 37.7 Å². The van der Waals surface area contributed by atoms with Crippen LogP contribution < -0.4 is 20.1 Å². The average Bonchev–Trinajstić information content (AvgIpc) is 2.57. The van der Waals surface area contributed by atoms with Gasteiger partial charge in [-0.2, -0.15) is 0 Å². The summed E-state index contributed by atoms with van der Waals surface area (Å²) in [5, 5.41) is 8.51. The van der Waals surface area contributed by atoms with Gasteiger partial charge in [-0.15, -0.1) is 0 Å². The lowest BCUT2D eigenvalue weighted by Crippen LogP contribution is -2.49. The van der Waals surface area contributed by atoms with Gasteiger partial charge in [0.05, 0.1) is 13.6 Å². The minimum atomic E-state index is -3.37. The normalized spacial score (nSPS) is 21.1. The third kappa shape index (κ3) is 6.85. The minimum absolute atomic E-state index is 0.151. The van der Waals surface area contributed by atoms with Crippen LogP contribution in [0.4, 0.5) is 0 Å². The molecule has 0 saturated carbocycles. The van der Waals surface area contributed by atoms with Gasteiger partial charge in [0, 0.05) is 37.0 Å². The lowest BCUT2D eigenvalue weighted by Gasteiger charge is -2.31. The van der Waals surface area contributed by atoms with Gasteiger partial charge < -0.3 is 10.1 Å². The molecule has 1 heterocycles. The van der Waals surface area contributed by atoms with E-state index in [2.05, 4.69) is 44.5 Å². The fraction of sp³-hybridized carbons (Fsp3) is 0.467. The lowest BCUT2D eigenvalue weighted by molar-refractivity contribution is 0.113. The third-order valence-corrected chi connectivity index (χ3v) is 6.30. The molecule has 1 saturated heterocycles. The highest BCUT2D eigenvalue weighted by Gasteiger charge is 2.23. The summed E-state index contributed by atoms with van der Waals surface area (Å²) in [5.74, 6) is 0.687. The van der Waals surface area contributed by atoms with Crippen LogP contribution in [0.2, 0.25) is 10.0 Å². The van der Waals surface area contributed by atoms with Crippen molar-refractivity contribution in [1.29, 1.82) is 0 Å². The van der Waals surface area contributed by atoms with Crippen LogP contribution in [0.25, 0.3) is 0 Å². The summed E-state index contributed by atoms with van der Waals surface area (Å²) in [6.45, 7) is 4.91. The Labute approximate surface area is 171 Å². The second-order valence-corrected chi connectivity index (χ2v) is 9.23. The second-order valence-electron chi connectivity index (χ2n) is 5.54. The SMILES string of the molecule is C=CS(=O)(=O)NCCNC1CCNC(Oc2cc(Cl)c(Cl)cc2I)C1. The highest BCUT2D eigenvalue weighted by atomic mass is 127. The molecule has 0 aromatic heterocycles. The molecule has 1 aliphatic heterocycles. The van der Waals surface area contributed by atoms with E-state index in [9.17, 15) is 8.42 Å². The highest BCUT2D eigenvalue weighted by molar-refractivity contribution is 14.1. The zero-order valence-corrected chi connectivity index (χ0v) is 17.9. The van der Waals surface area contributed by atoms with Crippen molar-refractivity contribution in [2.75, 3.05) is 19.6 Å². The van der Waals surface area contributed by atoms with Crippen LogP contribution in [-0.4, -0.2) is 40.3 Å². The quantitative estimate of drug-likeness (QED) is 0.279. The topological polar surface area (TPSA) is 79.5 Å². The van der Waals surface area contributed by atoms with Crippen molar-refractivity contribution in [2.45, 2.75) is 25.1 Å². The predicted molar refractivity (Wildman–Crippen MR) is 110 cm³/mol. The maximum atomic E-state index is 11.3. The van der Waals surface area contributed by atoms with Gasteiger partial charge in [-0.1, -0.05) is 29.8 Å². The molecule has 2 atom stereocenters. The summed E-state index contributed by atoms with van der Waals surface area (Å²) in [6, 6.07) is 3.72. The molecule has 2 rings (SSSR count). The lowest BCUT2D eigenvalue weighted by atomic mass is 10.1. The van der Waals surface area contributed by atoms with E-state index in [-0.39, 0.29) is 12.3 Å². The highest BCUT2D eigenvalue weighted by Crippen LogP contribution is 2.32. The first-order valence-corrected chi connectivity index (χ1v) is 11.1. The minimum Gasteiger partial charge on any atom is -0.474 e. The van der Waals surface area contributed by atoms with Crippen molar-refractivity contribution in [2.24, 2.45) is 0 Å². The molecule has 25 heavy (non-hydrogen) atoms. The summed E-state index contributed by atoms with van der Waals surface area (Å²) in [6.07, 6.45) is 1.54. The molecule has 3 N–H and O–H groups in total. The van der Waals surface area contributed by atoms with E-state index in [1.165, 1.54) is 0 Å². The number of hydrogen-bond donors (Lipinski definition) is 3. The van der Waals surface area contributed by atoms with Gasteiger partial charge in [0.15, 0.2) is 6.23 Å². The summed E-state index contributed by atoms with van der Waals surface area (Å²) in [4.78, 5) is 0. The average molecular weight is 520 g/mol. The van der Waals surface area contributed by atoms with Gasteiger partial charge in [0.25, 0.3) is 0 Å². The molecule has 1 aliphatic rings. The first kappa shape index (κ1) is 21.2. The van der Waals surface area contributed by atoms with Crippen LogP contribution in [0.1, 0.15) is 12.8 Å². The maximum absolute atomic E-state index is 11.3. The monoisotopic (exact) mass is 519 g/mol. The van der Waals surface area contributed by atoms with E-state index in [1.54, 1.807) is 12.1 Å². The van der Waals surface area contributed by atoms with Crippen LogP contribution >= 0.6 is 45.8 Å². The first-order chi connectivity index (χ1) is 11.8. The number of nitrogens with one attached hydrogen (secondary N) is 3. The Morgan fingerprint density at radius 3 is 2.80 bits per heavy atom. The fourth-order valence-corrected chi connectivity index (χ4v) is 4.03. The van der Waals surface area contributed by atoms with Gasteiger partial charge in [-0.05, 0) is 41.6 Å². The number of rotatable bonds is 8. The Morgan fingerprint density at radius 2 is 2.08 bits per heavy atom. The smallest absolute Gasteiger partial charge is 0.233 e. The summed E-state index contributed by atoms with van der Waals surface area (Å²) in [7, 11) is -3.37. The van der Waals surface area contributed by atoms with Crippen molar-refractivity contribution in [3.63, 3.8) is 0 Å². The molecule has 0 aliphatic carbocycles. The Bertz CT molecular complexity index is 718. The van der Waals surface area contributed by atoms with Crippen molar-refractivity contribution in [3.8, 4) is 5.75 Å². The van der Waals surface area contributed by atoms with Crippen LogP contribution in [0.15, 0.2) is 24.1 Å². The molecule has 0 spiro atoms. The Morgan fingerprint density at radius 1 is 1.36 bits per heavy atom. The van der Waals surface area contributed by atoms with Gasteiger partial charge in [0.2, 0.25) is 10.0 Å².